The molecule has 0 aliphatic carbocycles. The van der Waals surface area contributed by atoms with Crippen LogP contribution in [0.15, 0.2) is 16.7 Å². The van der Waals surface area contributed by atoms with Crippen LogP contribution in [0.5, 0.6) is 0 Å². The quantitative estimate of drug-likeness (QED) is 0.716. The number of aryl methyl sites for hydroxylation is 1. The van der Waals surface area contributed by atoms with E-state index >= 15 is 0 Å². The standard InChI is InChI=1S/C12H18O3/c1-8(2)7-11(15-10(4)13)12-9(3)5-6-14-12/h5-6,8,11H,7H2,1-4H3. The predicted molar refractivity (Wildman–Crippen MR) is 57.4 cm³/mol. The van der Waals surface area contributed by atoms with E-state index in [4.69, 9.17) is 9.15 Å². The molecule has 0 amide bonds. The first kappa shape index (κ1) is 11.8. The van der Waals surface area contributed by atoms with Crippen molar-refractivity contribution in [1.82, 2.24) is 0 Å². The van der Waals surface area contributed by atoms with Gasteiger partial charge in [-0.15, -0.1) is 0 Å². The minimum Gasteiger partial charge on any atom is -0.465 e. The molecule has 0 saturated carbocycles. The molecule has 0 spiro atoms. The van der Waals surface area contributed by atoms with Crippen molar-refractivity contribution in [3.8, 4) is 0 Å². The summed E-state index contributed by atoms with van der Waals surface area (Å²) >= 11 is 0. The molecule has 1 aromatic heterocycles. The van der Waals surface area contributed by atoms with Crippen LogP contribution in [-0.2, 0) is 9.53 Å². The van der Waals surface area contributed by atoms with E-state index in [0.29, 0.717) is 5.92 Å². The average molecular weight is 210 g/mol. The largest absolute Gasteiger partial charge is 0.465 e. The van der Waals surface area contributed by atoms with Gasteiger partial charge in [0.25, 0.3) is 0 Å². The number of rotatable bonds is 4. The molecular formula is C12H18O3. The second-order valence-electron chi connectivity index (χ2n) is 4.20. The summed E-state index contributed by atoms with van der Waals surface area (Å²) in [4.78, 5) is 11.0. The SMILES string of the molecule is CC(=O)OC(CC(C)C)c1occc1C. The Hall–Kier alpha value is -1.25. The first-order valence-electron chi connectivity index (χ1n) is 5.22. The molecule has 1 aromatic rings. The monoisotopic (exact) mass is 210 g/mol. The van der Waals surface area contributed by atoms with Gasteiger partial charge in [-0.3, -0.25) is 4.79 Å². The summed E-state index contributed by atoms with van der Waals surface area (Å²) in [5, 5.41) is 0. The molecule has 0 bridgehead atoms. The Labute approximate surface area is 90.4 Å². The third kappa shape index (κ3) is 3.42. The van der Waals surface area contributed by atoms with Gasteiger partial charge in [0.2, 0.25) is 0 Å². The Morgan fingerprint density at radius 1 is 1.53 bits per heavy atom. The second kappa shape index (κ2) is 5.01. The van der Waals surface area contributed by atoms with Gasteiger partial charge < -0.3 is 9.15 Å². The molecule has 15 heavy (non-hydrogen) atoms. The summed E-state index contributed by atoms with van der Waals surface area (Å²) in [6, 6.07) is 1.88. The van der Waals surface area contributed by atoms with Gasteiger partial charge in [0.1, 0.15) is 5.76 Å². The zero-order valence-corrected chi connectivity index (χ0v) is 9.74. The molecule has 3 heteroatoms. The van der Waals surface area contributed by atoms with E-state index in [2.05, 4.69) is 13.8 Å². The van der Waals surface area contributed by atoms with Crippen molar-refractivity contribution in [2.24, 2.45) is 5.92 Å². The molecule has 3 nitrogen and oxygen atoms in total. The number of ether oxygens (including phenoxy) is 1. The number of carbonyl (C=O) groups is 1. The molecule has 1 atom stereocenters. The van der Waals surface area contributed by atoms with Gasteiger partial charge in [0.05, 0.1) is 6.26 Å². The van der Waals surface area contributed by atoms with Crippen molar-refractivity contribution < 1.29 is 13.9 Å². The van der Waals surface area contributed by atoms with Crippen LogP contribution in [0.25, 0.3) is 0 Å². The zero-order chi connectivity index (χ0) is 11.4. The van der Waals surface area contributed by atoms with E-state index in [9.17, 15) is 4.79 Å². The minimum absolute atomic E-state index is 0.252. The Bertz CT molecular complexity index is 325. The van der Waals surface area contributed by atoms with Gasteiger partial charge in [0.15, 0.2) is 6.10 Å². The van der Waals surface area contributed by atoms with Crippen molar-refractivity contribution in [2.45, 2.75) is 40.2 Å². The molecule has 0 aliphatic rings. The molecule has 0 N–H and O–H groups in total. The molecule has 84 valence electrons. The zero-order valence-electron chi connectivity index (χ0n) is 9.74. The lowest BCUT2D eigenvalue weighted by molar-refractivity contribution is -0.148. The van der Waals surface area contributed by atoms with Crippen molar-refractivity contribution in [1.29, 1.82) is 0 Å². The van der Waals surface area contributed by atoms with E-state index < -0.39 is 0 Å². The normalized spacial score (nSPS) is 12.9. The molecule has 0 aliphatic heterocycles. The topological polar surface area (TPSA) is 39.4 Å². The predicted octanol–water partition coefficient (Wildman–Crippen LogP) is 3.24. The lowest BCUT2D eigenvalue weighted by Crippen LogP contribution is -2.11. The maximum absolute atomic E-state index is 11.0. The average Bonchev–Trinajstić information content (AvgIpc) is 2.48. The van der Waals surface area contributed by atoms with Crippen LogP contribution in [-0.4, -0.2) is 5.97 Å². The summed E-state index contributed by atoms with van der Waals surface area (Å²) in [5.74, 6) is 0.953. The third-order valence-electron chi connectivity index (χ3n) is 2.19. The highest BCUT2D eigenvalue weighted by atomic mass is 16.5. The smallest absolute Gasteiger partial charge is 0.303 e. The molecular weight excluding hydrogens is 192 g/mol. The number of esters is 1. The van der Waals surface area contributed by atoms with E-state index in [1.165, 1.54) is 6.92 Å². The molecule has 1 rings (SSSR count). The second-order valence-corrected chi connectivity index (χ2v) is 4.20. The van der Waals surface area contributed by atoms with Crippen LogP contribution in [0.4, 0.5) is 0 Å². The van der Waals surface area contributed by atoms with Crippen LogP contribution in [0, 0.1) is 12.8 Å². The van der Waals surface area contributed by atoms with Crippen molar-refractivity contribution in [2.75, 3.05) is 0 Å². The summed E-state index contributed by atoms with van der Waals surface area (Å²) in [7, 11) is 0. The van der Waals surface area contributed by atoms with Crippen LogP contribution >= 0.6 is 0 Å². The number of hydrogen-bond acceptors (Lipinski definition) is 3. The molecule has 0 saturated heterocycles. The molecule has 1 heterocycles. The van der Waals surface area contributed by atoms with Crippen LogP contribution < -0.4 is 0 Å². The van der Waals surface area contributed by atoms with E-state index in [0.717, 1.165) is 17.7 Å². The van der Waals surface area contributed by atoms with Gasteiger partial charge in [-0.25, -0.2) is 0 Å². The van der Waals surface area contributed by atoms with Gasteiger partial charge in [-0.1, -0.05) is 13.8 Å². The van der Waals surface area contributed by atoms with Gasteiger partial charge in [0, 0.05) is 6.92 Å². The Morgan fingerprint density at radius 2 is 2.20 bits per heavy atom. The molecule has 0 aromatic carbocycles. The highest BCUT2D eigenvalue weighted by Gasteiger charge is 2.21. The van der Waals surface area contributed by atoms with Crippen LogP contribution in [0.1, 0.15) is 44.6 Å². The Kier molecular flexibility index (Phi) is 3.95. The fourth-order valence-electron chi connectivity index (χ4n) is 1.55. The highest BCUT2D eigenvalue weighted by Crippen LogP contribution is 2.28. The Balaban J connectivity index is 2.81. The van der Waals surface area contributed by atoms with Crippen LogP contribution in [0.3, 0.4) is 0 Å². The lowest BCUT2D eigenvalue weighted by Gasteiger charge is -2.17. The lowest BCUT2D eigenvalue weighted by atomic mass is 10.0. The summed E-state index contributed by atoms with van der Waals surface area (Å²) in [6.07, 6.45) is 2.16. The summed E-state index contributed by atoms with van der Waals surface area (Å²) in [5.41, 5.74) is 1.03. The first-order valence-corrected chi connectivity index (χ1v) is 5.22. The fraction of sp³-hybridized carbons (Fsp3) is 0.583. The number of carbonyl (C=O) groups excluding carboxylic acids is 1. The van der Waals surface area contributed by atoms with E-state index in [1.807, 2.05) is 13.0 Å². The van der Waals surface area contributed by atoms with E-state index in [-0.39, 0.29) is 12.1 Å². The number of furan rings is 1. The molecule has 0 fully saturated rings. The highest BCUT2D eigenvalue weighted by molar-refractivity contribution is 5.66. The number of hydrogen-bond donors (Lipinski definition) is 0. The minimum atomic E-state index is -0.267. The van der Waals surface area contributed by atoms with Crippen molar-refractivity contribution in [3.63, 3.8) is 0 Å². The maximum atomic E-state index is 11.0. The van der Waals surface area contributed by atoms with Crippen molar-refractivity contribution in [3.05, 3.63) is 23.7 Å². The first-order chi connectivity index (χ1) is 7.00. The fourth-order valence-corrected chi connectivity index (χ4v) is 1.55. The van der Waals surface area contributed by atoms with Gasteiger partial charge in [-0.2, -0.15) is 0 Å². The Morgan fingerprint density at radius 3 is 2.60 bits per heavy atom. The summed E-state index contributed by atoms with van der Waals surface area (Å²) in [6.45, 7) is 7.56. The molecule has 0 radical (unpaired) electrons. The summed E-state index contributed by atoms with van der Waals surface area (Å²) < 4.78 is 10.6. The van der Waals surface area contributed by atoms with Gasteiger partial charge in [-0.05, 0) is 30.9 Å². The van der Waals surface area contributed by atoms with Crippen LogP contribution in [0.2, 0.25) is 0 Å². The van der Waals surface area contributed by atoms with Crippen molar-refractivity contribution >= 4 is 5.97 Å². The van der Waals surface area contributed by atoms with Gasteiger partial charge >= 0.3 is 5.97 Å². The molecule has 1 unspecified atom stereocenters. The third-order valence-corrected chi connectivity index (χ3v) is 2.19. The maximum Gasteiger partial charge on any atom is 0.303 e. The van der Waals surface area contributed by atoms with E-state index in [1.54, 1.807) is 6.26 Å².